The number of nitro groups is 1. The van der Waals surface area contributed by atoms with Crippen LogP contribution in [0.5, 0.6) is 0 Å². The third-order valence-electron chi connectivity index (χ3n) is 8.11. The van der Waals surface area contributed by atoms with Gasteiger partial charge in [0, 0.05) is 38.3 Å². The Morgan fingerprint density at radius 1 is 1.26 bits per heavy atom. The van der Waals surface area contributed by atoms with E-state index in [1.807, 2.05) is 41.5 Å². The van der Waals surface area contributed by atoms with Crippen LogP contribution in [-0.2, 0) is 23.9 Å². The zero-order valence-corrected chi connectivity index (χ0v) is 18.5. The molecule has 6 rings (SSSR count). The van der Waals surface area contributed by atoms with E-state index in [-0.39, 0.29) is 27.5 Å². The minimum atomic E-state index is -0.376. The van der Waals surface area contributed by atoms with Crippen LogP contribution in [0.25, 0.3) is 0 Å². The molecular weight excluding hydrogens is 396 g/mol. The SMILES string of the molecule is Cc1c(CN(C)C(=O)CC23CC4CC(C2)CC(n2cc([N+](=O)[O-])cn2)(C4)C3)cnn1C. The second-order valence-electron chi connectivity index (χ2n) is 10.4. The van der Waals surface area contributed by atoms with Crippen LogP contribution >= 0.6 is 0 Å². The van der Waals surface area contributed by atoms with Gasteiger partial charge in [-0.05, 0) is 62.7 Å². The lowest BCUT2D eigenvalue weighted by Crippen LogP contribution is -2.57. The van der Waals surface area contributed by atoms with Crippen molar-refractivity contribution in [3.8, 4) is 0 Å². The molecule has 4 aliphatic rings. The van der Waals surface area contributed by atoms with Crippen molar-refractivity contribution >= 4 is 11.6 Å². The topological polar surface area (TPSA) is 99.1 Å². The second kappa shape index (κ2) is 6.90. The summed E-state index contributed by atoms with van der Waals surface area (Å²) in [6, 6.07) is 0. The molecule has 4 saturated carbocycles. The minimum absolute atomic E-state index is 0.0276. The first-order valence-corrected chi connectivity index (χ1v) is 11.1. The smallest absolute Gasteiger partial charge is 0.307 e. The van der Waals surface area contributed by atoms with E-state index in [2.05, 4.69) is 10.2 Å². The van der Waals surface area contributed by atoms with Gasteiger partial charge in [-0.3, -0.25) is 24.3 Å². The Labute approximate surface area is 181 Å². The molecule has 4 bridgehead atoms. The molecule has 9 heteroatoms. The first-order valence-electron chi connectivity index (χ1n) is 11.1. The molecule has 0 saturated heterocycles. The van der Waals surface area contributed by atoms with Crippen LogP contribution in [0.1, 0.15) is 56.2 Å². The van der Waals surface area contributed by atoms with Gasteiger partial charge in [-0.2, -0.15) is 10.2 Å². The Kier molecular flexibility index (Phi) is 4.50. The summed E-state index contributed by atoms with van der Waals surface area (Å²) in [6.45, 7) is 2.59. The fourth-order valence-electron chi connectivity index (χ4n) is 7.04. The molecule has 2 atom stereocenters. The number of hydrogen-bond donors (Lipinski definition) is 0. The highest BCUT2D eigenvalue weighted by Gasteiger charge is 2.59. The summed E-state index contributed by atoms with van der Waals surface area (Å²) in [5, 5.41) is 19.9. The number of hydrogen-bond acceptors (Lipinski definition) is 5. The Morgan fingerprint density at radius 3 is 2.55 bits per heavy atom. The van der Waals surface area contributed by atoms with Crippen LogP contribution in [0.3, 0.4) is 0 Å². The predicted octanol–water partition coefficient (Wildman–Crippen LogP) is 3.18. The van der Waals surface area contributed by atoms with Gasteiger partial charge in [-0.1, -0.05) is 0 Å². The molecule has 0 aliphatic heterocycles. The lowest BCUT2D eigenvalue weighted by Gasteiger charge is -2.62. The number of amides is 1. The maximum atomic E-state index is 13.3. The number of nitrogens with zero attached hydrogens (tertiary/aromatic N) is 6. The second-order valence-corrected chi connectivity index (χ2v) is 10.4. The maximum Gasteiger partial charge on any atom is 0.307 e. The molecule has 0 N–H and O–H groups in total. The molecule has 31 heavy (non-hydrogen) atoms. The molecule has 0 radical (unpaired) electrons. The molecule has 2 aromatic heterocycles. The van der Waals surface area contributed by atoms with Gasteiger partial charge in [-0.25, -0.2) is 0 Å². The Bertz CT molecular complexity index is 1030. The predicted molar refractivity (Wildman–Crippen MR) is 113 cm³/mol. The fraction of sp³-hybridized carbons (Fsp3) is 0.682. The van der Waals surface area contributed by atoms with Crippen LogP contribution in [0.15, 0.2) is 18.6 Å². The third kappa shape index (κ3) is 3.34. The van der Waals surface area contributed by atoms with E-state index in [9.17, 15) is 14.9 Å². The summed E-state index contributed by atoms with van der Waals surface area (Å²) in [6.07, 6.45) is 11.6. The van der Waals surface area contributed by atoms with Crippen LogP contribution in [0, 0.1) is 34.3 Å². The van der Waals surface area contributed by atoms with Crippen molar-refractivity contribution < 1.29 is 9.72 Å². The van der Waals surface area contributed by atoms with E-state index in [4.69, 9.17) is 0 Å². The van der Waals surface area contributed by atoms with E-state index in [0.717, 1.165) is 43.4 Å². The molecular formula is C22H30N6O3. The minimum Gasteiger partial charge on any atom is -0.341 e. The number of aromatic nitrogens is 4. The standard InChI is InChI=1S/C22H30N6O3/c1-15-18(10-23-26(15)3)12-25(2)20(29)9-21-5-16-4-17(6-21)8-22(7-16,14-21)27-13-19(11-24-27)28(30)31/h10-11,13,16-17H,4-9,12,14H2,1-3H3. The lowest BCUT2D eigenvalue weighted by atomic mass is 9.46. The average Bonchev–Trinajstić information content (AvgIpc) is 3.30. The molecule has 9 nitrogen and oxygen atoms in total. The highest BCUT2D eigenvalue weighted by Crippen LogP contribution is 2.65. The number of carbonyl (C=O) groups is 1. The molecule has 2 aromatic rings. The molecule has 4 fully saturated rings. The van der Waals surface area contributed by atoms with Crippen molar-refractivity contribution in [1.29, 1.82) is 0 Å². The fourth-order valence-corrected chi connectivity index (χ4v) is 7.04. The van der Waals surface area contributed by atoms with E-state index in [1.165, 1.54) is 12.6 Å². The van der Waals surface area contributed by atoms with E-state index < -0.39 is 0 Å². The highest BCUT2D eigenvalue weighted by molar-refractivity contribution is 5.76. The van der Waals surface area contributed by atoms with Crippen molar-refractivity contribution in [2.75, 3.05) is 7.05 Å². The van der Waals surface area contributed by atoms with Gasteiger partial charge in [0.1, 0.15) is 12.4 Å². The quantitative estimate of drug-likeness (QED) is 0.522. The average molecular weight is 427 g/mol. The van der Waals surface area contributed by atoms with Gasteiger partial charge < -0.3 is 4.90 Å². The monoisotopic (exact) mass is 426 g/mol. The Hall–Kier alpha value is -2.71. The number of aryl methyl sites for hydroxylation is 1. The third-order valence-corrected chi connectivity index (χ3v) is 8.11. The first-order chi connectivity index (χ1) is 14.7. The van der Waals surface area contributed by atoms with Gasteiger partial charge >= 0.3 is 5.69 Å². The summed E-state index contributed by atoms with van der Waals surface area (Å²) >= 11 is 0. The van der Waals surface area contributed by atoms with Crippen molar-refractivity contribution in [3.05, 3.63) is 40.0 Å². The maximum absolute atomic E-state index is 13.3. The molecule has 166 valence electrons. The normalized spacial score (nSPS) is 31.2. The molecule has 2 heterocycles. The van der Waals surface area contributed by atoms with E-state index in [1.54, 1.807) is 6.20 Å². The molecule has 2 unspecified atom stereocenters. The van der Waals surface area contributed by atoms with Gasteiger partial charge in [0.15, 0.2) is 0 Å². The van der Waals surface area contributed by atoms with E-state index >= 15 is 0 Å². The Balaban J connectivity index is 1.36. The van der Waals surface area contributed by atoms with Crippen LogP contribution in [0.4, 0.5) is 5.69 Å². The summed E-state index contributed by atoms with van der Waals surface area (Å²) in [5.41, 5.74) is 1.99. The summed E-state index contributed by atoms with van der Waals surface area (Å²) in [4.78, 5) is 25.9. The number of carbonyl (C=O) groups excluding carboxylic acids is 1. The lowest BCUT2D eigenvalue weighted by molar-refractivity contribution is -0.385. The van der Waals surface area contributed by atoms with Gasteiger partial charge in [0.25, 0.3) is 0 Å². The van der Waals surface area contributed by atoms with Crippen molar-refractivity contribution in [2.45, 2.75) is 64.0 Å². The zero-order valence-electron chi connectivity index (χ0n) is 18.5. The van der Waals surface area contributed by atoms with Crippen LogP contribution < -0.4 is 0 Å². The summed E-state index contributed by atoms with van der Waals surface area (Å²) in [7, 11) is 3.79. The van der Waals surface area contributed by atoms with Crippen molar-refractivity contribution in [2.24, 2.45) is 24.3 Å². The summed E-state index contributed by atoms with van der Waals surface area (Å²) < 4.78 is 3.70. The summed E-state index contributed by atoms with van der Waals surface area (Å²) in [5.74, 6) is 1.32. The van der Waals surface area contributed by atoms with E-state index in [0.29, 0.717) is 24.8 Å². The Morgan fingerprint density at radius 2 is 1.97 bits per heavy atom. The van der Waals surface area contributed by atoms with Crippen molar-refractivity contribution in [1.82, 2.24) is 24.5 Å². The van der Waals surface area contributed by atoms with Crippen molar-refractivity contribution in [3.63, 3.8) is 0 Å². The largest absolute Gasteiger partial charge is 0.341 e. The van der Waals surface area contributed by atoms with Gasteiger partial charge in [0.2, 0.25) is 5.91 Å². The van der Waals surface area contributed by atoms with Crippen LogP contribution in [0.2, 0.25) is 0 Å². The van der Waals surface area contributed by atoms with Crippen LogP contribution in [-0.4, -0.2) is 42.3 Å². The molecule has 0 aromatic carbocycles. The highest BCUT2D eigenvalue weighted by atomic mass is 16.6. The molecule has 1 amide bonds. The van der Waals surface area contributed by atoms with Gasteiger partial charge in [0.05, 0.1) is 16.7 Å². The number of rotatable bonds is 6. The first kappa shape index (κ1) is 20.2. The molecule has 4 aliphatic carbocycles. The van der Waals surface area contributed by atoms with Gasteiger partial charge in [-0.15, -0.1) is 0 Å². The zero-order chi connectivity index (χ0) is 22.0. The molecule has 0 spiro atoms.